The fraction of sp³-hybridized carbons (Fsp3) is 0.545. The van der Waals surface area contributed by atoms with Crippen LogP contribution in [-0.4, -0.2) is 47.9 Å². The Morgan fingerprint density at radius 3 is 2.90 bits per heavy atom. The third-order valence-electron chi connectivity index (χ3n) is 5.52. The van der Waals surface area contributed by atoms with Crippen LogP contribution in [0.3, 0.4) is 0 Å². The summed E-state index contributed by atoms with van der Waals surface area (Å²) in [5, 5.41) is 7.27. The van der Waals surface area contributed by atoms with E-state index in [2.05, 4.69) is 21.5 Å². The van der Waals surface area contributed by atoms with Crippen molar-refractivity contribution in [3.63, 3.8) is 0 Å². The summed E-state index contributed by atoms with van der Waals surface area (Å²) < 4.78 is 12.5. The van der Waals surface area contributed by atoms with Crippen LogP contribution in [0.25, 0.3) is 0 Å². The fourth-order valence-corrected chi connectivity index (χ4v) is 3.96. The van der Waals surface area contributed by atoms with Crippen LogP contribution in [0.5, 0.6) is 11.5 Å². The number of benzene rings is 1. The van der Waals surface area contributed by atoms with Crippen LogP contribution in [0, 0.1) is 5.92 Å². The highest BCUT2D eigenvalue weighted by atomic mass is 16.5. The van der Waals surface area contributed by atoms with Crippen molar-refractivity contribution in [1.29, 1.82) is 0 Å². The van der Waals surface area contributed by atoms with Crippen molar-refractivity contribution in [2.24, 2.45) is 13.0 Å². The van der Waals surface area contributed by atoms with Crippen LogP contribution in [0.15, 0.2) is 30.6 Å². The van der Waals surface area contributed by atoms with Crippen LogP contribution < -0.4 is 14.8 Å². The third-order valence-corrected chi connectivity index (χ3v) is 5.52. The van der Waals surface area contributed by atoms with Gasteiger partial charge in [0, 0.05) is 56.5 Å². The van der Waals surface area contributed by atoms with Gasteiger partial charge in [0.2, 0.25) is 5.91 Å². The summed E-state index contributed by atoms with van der Waals surface area (Å²) in [5.74, 6) is 2.13. The zero-order valence-corrected chi connectivity index (χ0v) is 17.7. The maximum Gasteiger partial charge on any atom is 0.220 e. The van der Waals surface area contributed by atoms with Gasteiger partial charge < -0.3 is 14.8 Å². The fourth-order valence-electron chi connectivity index (χ4n) is 3.96. The largest absolute Gasteiger partial charge is 0.497 e. The number of amides is 1. The number of ether oxygens (including phenoxy) is 2. The quantitative estimate of drug-likeness (QED) is 0.701. The first-order valence-electron chi connectivity index (χ1n) is 10.2. The number of carbonyl (C=O) groups is 1. The van der Waals surface area contributed by atoms with Crippen molar-refractivity contribution in [3.8, 4) is 11.5 Å². The lowest BCUT2D eigenvalue weighted by Gasteiger charge is -2.32. The number of rotatable bonds is 9. The maximum absolute atomic E-state index is 12.4. The van der Waals surface area contributed by atoms with E-state index in [-0.39, 0.29) is 5.91 Å². The minimum absolute atomic E-state index is 0.0900. The molecule has 0 spiro atoms. The Balaban J connectivity index is 1.42. The van der Waals surface area contributed by atoms with Gasteiger partial charge in [0.25, 0.3) is 0 Å². The summed E-state index contributed by atoms with van der Waals surface area (Å²) in [6.45, 7) is 3.57. The number of likely N-dealkylation sites (tertiary alicyclic amines) is 1. The van der Waals surface area contributed by atoms with Gasteiger partial charge in [-0.15, -0.1) is 0 Å². The molecule has 0 bridgehead atoms. The molecule has 1 atom stereocenters. The molecule has 158 valence electrons. The molecule has 1 N–H and O–H groups in total. The Kier molecular flexibility index (Phi) is 7.52. The highest BCUT2D eigenvalue weighted by Gasteiger charge is 2.21. The minimum atomic E-state index is 0.0900. The van der Waals surface area contributed by atoms with E-state index in [4.69, 9.17) is 9.47 Å². The van der Waals surface area contributed by atoms with Crippen molar-refractivity contribution >= 4 is 5.91 Å². The summed E-state index contributed by atoms with van der Waals surface area (Å²) >= 11 is 0. The van der Waals surface area contributed by atoms with Crippen LogP contribution in [0.4, 0.5) is 0 Å². The number of methoxy groups -OCH3 is 2. The lowest BCUT2D eigenvalue weighted by molar-refractivity contribution is -0.121. The molecule has 0 radical (unpaired) electrons. The monoisotopic (exact) mass is 400 g/mol. The molecule has 2 aromatic rings. The first-order chi connectivity index (χ1) is 14.1. The van der Waals surface area contributed by atoms with Gasteiger partial charge >= 0.3 is 0 Å². The lowest BCUT2D eigenvalue weighted by Crippen LogP contribution is -2.35. The van der Waals surface area contributed by atoms with Crippen LogP contribution in [-0.2, 0) is 24.9 Å². The Bertz CT molecular complexity index is 805. The number of piperidine rings is 1. The molecule has 1 saturated heterocycles. The average molecular weight is 401 g/mol. The van der Waals surface area contributed by atoms with Crippen LogP contribution >= 0.6 is 0 Å². The Labute approximate surface area is 173 Å². The van der Waals surface area contributed by atoms with Crippen molar-refractivity contribution < 1.29 is 14.3 Å². The van der Waals surface area contributed by atoms with Gasteiger partial charge in [-0.3, -0.25) is 14.4 Å². The van der Waals surface area contributed by atoms with E-state index in [9.17, 15) is 4.79 Å². The minimum Gasteiger partial charge on any atom is -0.497 e. The Morgan fingerprint density at radius 1 is 1.31 bits per heavy atom. The topological polar surface area (TPSA) is 68.6 Å². The van der Waals surface area contributed by atoms with E-state index in [0.717, 1.165) is 43.1 Å². The second kappa shape index (κ2) is 10.3. The van der Waals surface area contributed by atoms with Crippen molar-refractivity contribution in [2.75, 3.05) is 27.3 Å². The van der Waals surface area contributed by atoms with E-state index in [1.807, 2.05) is 36.1 Å². The molecule has 1 aromatic heterocycles. The predicted octanol–water partition coefficient (Wildman–Crippen LogP) is 2.75. The molecule has 1 amide bonds. The molecule has 1 aliphatic rings. The molecule has 29 heavy (non-hydrogen) atoms. The van der Waals surface area contributed by atoms with E-state index in [0.29, 0.717) is 18.9 Å². The number of carbonyl (C=O) groups excluding carboxylic acids is 1. The number of nitrogens with zero attached hydrogens (tertiary/aromatic N) is 3. The zero-order valence-electron chi connectivity index (χ0n) is 17.7. The molecule has 0 unspecified atom stereocenters. The van der Waals surface area contributed by atoms with Crippen LogP contribution in [0.2, 0.25) is 0 Å². The molecule has 2 heterocycles. The van der Waals surface area contributed by atoms with E-state index >= 15 is 0 Å². The molecular weight excluding hydrogens is 368 g/mol. The highest BCUT2D eigenvalue weighted by molar-refractivity contribution is 5.75. The number of nitrogens with one attached hydrogen (secondary N) is 1. The average Bonchev–Trinajstić information content (AvgIpc) is 3.15. The molecule has 0 saturated carbocycles. The molecule has 1 aliphatic heterocycles. The number of hydrogen-bond acceptors (Lipinski definition) is 5. The SMILES string of the molecule is COc1ccc(CNC(=O)CC[C@H]2CCCN(Cc3cnn(C)c3)C2)c(OC)c1. The lowest BCUT2D eigenvalue weighted by atomic mass is 9.93. The number of aromatic nitrogens is 2. The van der Waals surface area contributed by atoms with Crippen LogP contribution in [0.1, 0.15) is 36.8 Å². The zero-order chi connectivity index (χ0) is 20.6. The number of aryl methyl sites for hydroxylation is 1. The molecule has 7 nitrogen and oxygen atoms in total. The summed E-state index contributed by atoms with van der Waals surface area (Å²) in [5.41, 5.74) is 2.20. The van der Waals surface area contributed by atoms with Crippen molar-refractivity contribution in [3.05, 3.63) is 41.7 Å². The van der Waals surface area contributed by atoms with E-state index in [1.54, 1.807) is 14.2 Å². The van der Waals surface area contributed by atoms with Gasteiger partial charge in [0.1, 0.15) is 11.5 Å². The molecule has 1 aromatic carbocycles. The normalized spacial score (nSPS) is 17.1. The summed E-state index contributed by atoms with van der Waals surface area (Å²) in [7, 11) is 5.20. The third kappa shape index (κ3) is 6.22. The van der Waals surface area contributed by atoms with Gasteiger partial charge in [-0.2, -0.15) is 5.10 Å². The predicted molar refractivity (Wildman–Crippen MR) is 112 cm³/mol. The van der Waals surface area contributed by atoms with Gasteiger partial charge in [-0.05, 0) is 43.9 Å². The highest BCUT2D eigenvalue weighted by Crippen LogP contribution is 2.25. The second-order valence-electron chi connectivity index (χ2n) is 7.76. The molecule has 1 fully saturated rings. The molecule has 3 rings (SSSR count). The van der Waals surface area contributed by atoms with Gasteiger partial charge in [0.05, 0.1) is 20.4 Å². The first kappa shape index (κ1) is 21.2. The molecule has 0 aliphatic carbocycles. The smallest absolute Gasteiger partial charge is 0.220 e. The Hall–Kier alpha value is -2.54. The second-order valence-corrected chi connectivity index (χ2v) is 7.76. The molecule has 7 heteroatoms. The van der Waals surface area contributed by atoms with Gasteiger partial charge in [-0.25, -0.2) is 0 Å². The van der Waals surface area contributed by atoms with Gasteiger partial charge in [0.15, 0.2) is 0 Å². The summed E-state index contributed by atoms with van der Waals surface area (Å²) in [6, 6.07) is 5.64. The van der Waals surface area contributed by atoms with Gasteiger partial charge in [-0.1, -0.05) is 0 Å². The van der Waals surface area contributed by atoms with Crippen molar-refractivity contribution in [2.45, 2.75) is 38.8 Å². The summed E-state index contributed by atoms with van der Waals surface area (Å²) in [4.78, 5) is 14.8. The number of hydrogen-bond donors (Lipinski definition) is 1. The first-order valence-corrected chi connectivity index (χ1v) is 10.2. The van der Waals surface area contributed by atoms with Crippen molar-refractivity contribution in [1.82, 2.24) is 20.0 Å². The standard InChI is InChI=1S/C22H32N4O3/c1-25-14-18(12-24-25)16-26-10-4-5-17(15-26)6-9-22(27)23-13-19-7-8-20(28-2)11-21(19)29-3/h7-8,11-12,14,17H,4-6,9-10,13,15-16H2,1-3H3,(H,23,27)/t17-/m1/s1. The maximum atomic E-state index is 12.4. The summed E-state index contributed by atoms with van der Waals surface area (Å²) in [6.07, 6.45) is 7.88. The molecular formula is C22H32N4O3. The van der Waals surface area contributed by atoms with E-state index < -0.39 is 0 Å². The Morgan fingerprint density at radius 2 is 2.17 bits per heavy atom. The van der Waals surface area contributed by atoms with E-state index in [1.165, 1.54) is 18.4 Å².